The predicted octanol–water partition coefficient (Wildman–Crippen LogP) is 0.384. The molecule has 0 bridgehead atoms. The van der Waals surface area contributed by atoms with Crippen molar-refractivity contribution in [2.45, 2.75) is 6.92 Å². The Hall–Kier alpha value is -2.26. The lowest BCUT2D eigenvalue weighted by atomic mass is 10.1. The Morgan fingerprint density at radius 3 is 2.33 bits per heavy atom. The van der Waals surface area contributed by atoms with Gasteiger partial charge in [-0.05, 0) is 6.92 Å². The monoisotopic (exact) mass is 300 g/mol. The summed E-state index contributed by atoms with van der Waals surface area (Å²) in [5, 5.41) is 34.7. The van der Waals surface area contributed by atoms with E-state index < -0.39 is 4.92 Å². The number of nitrogen functional groups attached to an aromatic ring is 1. The van der Waals surface area contributed by atoms with Crippen LogP contribution in [-0.4, -0.2) is 48.0 Å². The normalized spacial score (nSPS) is 10.2. The van der Waals surface area contributed by atoms with Gasteiger partial charge in [0.15, 0.2) is 0 Å². The lowest BCUT2D eigenvalue weighted by molar-refractivity contribution is -0.384. The molecule has 0 fully saturated rings. The Morgan fingerprint density at radius 2 is 1.86 bits per heavy atom. The van der Waals surface area contributed by atoms with Crippen LogP contribution in [0.25, 0.3) is 0 Å². The summed E-state index contributed by atoms with van der Waals surface area (Å²) in [7, 11) is 0. The van der Waals surface area contributed by atoms with Gasteiger partial charge in [0.2, 0.25) is 5.75 Å². The molecule has 1 aromatic rings. The van der Waals surface area contributed by atoms with Gasteiger partial charge in [0.05, 0.1) is 36.1 Å². The Kier molecular flexibility index (Phi) is 6.50. The van der Waals surface area contributed by atoms with Crippen LogP contribution in [0.4, 0.5) is 22.7 Å². The highest BCUT2D eigenvalue weighted by Crippen LogP contribution is 2.44. The Balaban J connectivity index is 3.40. The molecule has 1 aromatic carbocycles. The first-order chi connectivity index (χ1) is 10.1. The van der Waals surface area contributed by atoms with E-state index in [1.807, 2.05) is 0 Å². The van der Waals surface area contributed by atoms with E-state index in [0.29, 0.717) is 5.69 Å². The lowest BCUT2D eigenvalue weighted by Gasteiger charge is -2.17. The van der Waals surface area contributed by atoms with Crippen LogP contribution in [-0.2, 0) is 0 Å². The van der Waals surface area contributed by atoms with E-state index in [-0.39, 0.29) is 55.7 Å². The third-order valence-electron chi connectivity index (χ3n) is 2.61. The molecular formula is C12H20N4O5. The predicted molar refractivity (Wildman–Crippen MR) is 79.8 cm³/mol. The van der Waals surface area contributed by atoms with Crippen molar-refractivity contribution in [1.82, 2.24) is 0 Å². The maximum atomic E-state index is 11.3. The van der Waals surface area contributed by atoms with Crippen molar-refractivity contribution >= 4 is 22.7 Å². The summed E-state index contributed by atoms with van der Waals surface area (Å²) in [6.07, 6.45) is 0. The molecule has 1 rings (SSSR count). The van der Waals surface area contributed by atoms with E-state index >= 15 is 0 Å². The molecule has 0 amide bonds. The van der Waals surface area contributed by atoms with Gasteiger partial charge in [-0.2, -0.15) is 0 Å². The van der Waals surface area contributed by atoms with Crippen molar-refractivity contribution in [3.8, 4) is 5.75 Å². The minimum atomic E-state index is -0.575. The van der Waals surface area contributed by atoms with Crippen LogP contribution in [0.15, 0.2) is 6.07 Å². The minimum absolute atomic E-state index is 0.0509. The number of hydrogen-bond donors (Lipinski definition) is 5. The van der Waals surface area contributed by atoms with E-state index in [9.17, 15) is 10.1 Å². The van der Waals surface area contributed by atoms with Gasteiger partial charge in [-0.3, -0.25) is 10.1 Å². The summed E-state index contributed by atoms with van der Waals surface area (Å²) in [4.78, 5) is 10.7. The van der Waals surface area contributed by atoms with Gasteiger partial charge in [0.25, 0.3) is 0 Å². The van der Waals surface area contributed by atoms with Gasteiger partial charge in [-0.1, -0.05) is 0 Å². The smallest absolute Gasteiger partial charge is 0.336 e. The zero-order valence-corrected chi connectivity index (χ0v) is 11.8. The lowest BCUT2D eigenvalue weighted by Crippen LogP contribution is -2.15. The number of ether oxygens (including phenoxy) is 1. The number of aliphatic hydroxyl groups is 2. The molecule has 0 heterocycles. The fraction of sp³-hybridized carbons (Fsp3) is 0.500. The number of hydrogen-bond acceptors (Lipinski definition) is 8. The molecule has 0 atom stereocenters. The number of rotatable bonds is 9. The van der Waals surface area contributed by atoms with Crippen molar-refractivity contribution in [3.63, 3.8) is 0 Å². The number of benzene rings is 1. The summed E-state index contributed by atoms with van der Waals surface area (Å²) in [6, 6.07) is 1.37. The van der Waals surface area contributed by atoms with Crippen molar-refractivity contribution in [2.75, 3.05) is 49.3 Å². The van der Waals surface area contributed by atoms with E-state index in [1.54, 1.807) is 6.92 Å². The van der Waals surface area contributed by atoms with Crippen LogP contribution in [0.3, 0.4) is 0 Å². The molecule has 0 saturated heterocycles. The van der Waals surface area contributed by atoms with Crippen LogP contribution in [0.5, 0.6) is 5.75 Å². The average Bonchev–Trinajstić information content (AvgIpc) is 2.43. The third-order valence-corrected chi connectivity index (χ3v) is 2.61. The molecule has 0 unspecified atom stereocenters. The molecule has 0 aliphatic carbocycles. The highest BCUT2D eigenvalue weighted by molar-refractivity contribution is 5.91. The van der Waals surface area contributed by atoms with Crippen LogP contribution in [0.1, 0.15) is 6.92 Å². The summed E-state index contributed by atoms with van der Waals surface area (Å²) >= 11 is 0. The summed E-state index contributed by atoms with van der Waals surface area (Å²) in [6.45, 7) is 1.91. The first-order valence-electron chi connectivity index (χ1n) is 6.49. The number of nitrogens with two attached hydrogens (primary N) is 1. The minimum Gasteiger partial charge on any atom is -0.487 e. The van der Waals surface area contributed by atoms with Crippen LogP contribution in [0, 0.1) is 10.1 Å². The van der Waals surface area contributed by atoms with Crippen LogP contribution in [0.2, 0.25) is 0 Å². The van der Waals surface area contributed by atoms with Gasteiger partial charge >= 0.3 is 5.69 Å². The van der Waals surface area contributed by atoms with E-state index in [0.717, 1.165) is 0 Å². The quantitative estimate of drug-likeness (QED) is 0.250. The topological polar surface area (TPSA) is 143 Å². The van der Waals surface area contributed by atoms with Gasteiger partial charge < -0.3 is 31.3 Å². The van der Waals surface area contributed by atoms with Crippen LogP contribution >= 0.6 is 0 Å². The molecule has 9 nitrogen and oxygen atoms in total. The summed E-state index contributed by atoms with van der Waals surface area (Å²) in [5.41, 5.74) is 6.30. The van der Waals surface area contributed by atoms with Crippen LogP contribution < -0.4 is 21.1 Å². The van der Waals surface area contributed by atoms with Gasteiger partial charge in [-0.15, -0.1) is 0 Å². The fourth-order valence-corrected chi connectivity index (χ4v) is 1.84. The third kappa shape index (κ3) is 4.10. The Labute approximate surface area is 121 Å². The largest absolute Gasteiger partial charge is 0.487 e. The van der Waals surface area contributed by atoms with Gasteiger partial charge in [0, 0.05) is 19.2 Å². The van der Waals surface area contributed by atoms with Crippen molar-refractivity contribution in [1.29, 1.82) is 0 Å². The van der Waals surface area contributed by atoms with Crippen molar-refractivity contribution in [3.05, 3.63) is 16.2 Å². The molecule has 0 aliphatic rings. The van der Waals surface area contributed by atoms with E-state index in [1.165, 1.54) is 6.07 Å². The molecule has 0 aromatic heterocycles. The first-order valence-corrected chi connectivity index (χ1v) is 6.49. The summed E-state index contributed by atoms with van der Waals surface area (Å²) in [5.74, 6) is 0.0509. The zero-order chi connectivity index (χ0) is 15.8. The van der Waals surface area contributed by atoms with Crippen molar-refractivity contribution < 1.29 is 19.9 Å². The number of nitro benzene ring substituents is 1. The molecule has 0 spiro atoms. The number of nitrogens with zero attached hydrogens (tertiary/aromatic N) is 1. The zero-order valence-electron chi connectivity index (χ0n) is 11.8. The molecule has 0 saturated carbocycles. The molecular weight excluding hydrogens is 280 g/mol. The molecule has 118 valence electrons. The van der Waals surface area contributed by atoms with E-state index in [2.05, 4.69) is 10.6 Å². The SMILES string of the molecule is CCOc1cc(N)c(NCCO)c(NCCO)c1[N+](=O)[O-]. The Morgan fingerprint density at radius 1 is 1.29 bits per heavy atom. The molecule has 0 radical (unpaired) electrons. The number of nitrogens with one attached hydrogen (secondary N) is 2. The highest BCUT2D eigenvalue weighted by Gasteiger charge is 2.26. The second-order valence-corrected chi connectivity index (χ2v) is 4.05. The van der Waals surface area contributed by atoms with E-state index in [4.69, 9.17) is 20.7 Å². The first kappa shape index (κ1) is 16.8. The fourth-order valence-electron chi connectivity index (χ4n) is 1.84. The van der Waals surface area contributed by atoms with Crippen molar-refractivity contribution in [2.24, 2.45) is 0 Å². The number of anilines is 3. The number of nitro groups is 1. The van der Waals surface area contributed by atoms with Gasteiger partial charge in [-0.25, -0.2) is 0 Å². The maximum absolute atomic E-state index is 11.3. The highest BCUT2D eigenvalue weighted by atomic mass is 16.6. The molecule has 21 heavy (non-hydrogen) atoms. The molecule has 6 N–H and O–H groups in total. The average molecular weight is 300 g/mol. The second-order valence-electron chi connectivity index (χ2n) is 4.05. The Bertz CT molecular complexity index is 495. The standard InChI is InChI=1S/C12H20N4O5/c1-2-21-9-7-8(13)10(14-3-5-17)11(15-4-6-18)12(9)16(19)20/h7,14-15,17-18H,2-6,13H2,1H3. The van der Waals surface area contributed by atoms with Gasteiger partial charge in [0.1, 0.15) is 5.69 Å². The second kappa shape index (κ2) is 8.12. The maximum Gasteiger partial charge on any atom is 0.336 e. The number of aliphatic hydroxyl groups excluding tert-OH is 2. The summed E-state index contributed by atoms with van der Waals surface area (Å²) < 4.78 is 5.26. The molecule has 9 heteroatoms. The molecule has 0 aliphatic heterocycles.